The summed E-state index contributed by atoms with van der Waals surface area (Å²) < 4.78 is 0. The van der Waals surface area contributed by atoms with E-state index in [4.69, 9.17) is 5.73 Å². The molecule has 33 heavy (non-hydrogen) atoms. The van der Waals surface area contributed by atoms with E-state index >= 15 is 0 Å². The van der Waals surface area contributed by atoms with E-state index in [-0.39, 0.29) is 0 Å². The van der Waals surface area contributed by atoms with Crippen molar-refractivity contribution in [2.24, 2.45) is 10.7 Å². The lowest BCUT2D eigenvalue weighted by molar-refractivity contribution is 0.951. The summed E-state index contributed by atoms with van der Waals surface area (Å²) in [7, 11) is 0. The molecule has 0 heterocycles. The molecule has 2 nitrogen and oxygen atoms in total. The van der Waals surface area contributed by atoms with Crippen LogP contribution in [0, 0.1) is 11.8 Å². The molecule has 176 valence electrons. The van der Waals surface area contributed by atoms with E-state index in [2.05, 4.69) is 93.9 Å². The predicted molar refractivity (Wildman–Crippen MR) is 148 cm³/mol. The van der Waals surface area contributed by atoms with E-state index in [0.29, 0.717) is 0 Å². The van der Waals surface area contributed by atoms with Gasteiger partial charge in [0.1, 0.15) is 0 Å². The molecule has 0 atom stereocenters. The van der Waals surface area contributed by atoms with Crippen molar-refractivity contribution in [1.29, 1.82) is 0 Å². The van der Waals surface area contributed by atoms with Crippen LogP contribution in [0.5, 0.6) is 0 Å². The summed E-state index contributed by atoms with van der Waals surface area (Å²) >= 11 is 0. The van der Waals surface area contributed by atoms with Crippen LogP contribution in [-0.2, 0) is 0 Å². The monoisotopic (exact) mass is 442 g/mol. The molecule has 0 aliphatic rings. The molecule has 0 fully saturated rings. The van der Waals surface area contributed by atoms with Crippen molar-refractivity contribution in [3.8, 4) is 11.8 Å². The summed E-state index contributed by atoms with van der Waals surface area (Å²) in [5.41, 5.74) is 13.7. The molecule has 0 unspecified atom stereocenters. The minimum atomic E-state index is 0.779. The summed E-state index contributed by atoms with van der Waals surface area (Å²) in [5, 5.41) is 2.48. The first-order valence-electron chi connectivity index (χ1n) is 12.1. The molecule has 0 saturated carbocycles. The Labute approximate surface area is 202 Å². The maximum atomic E-state index is 6.62. The van der Waals surface area contributed by atoms with Gasteiger partial charge in [-0.25, -0.2) is 0 Å². The lowest BCUT2D eigenvalue weighted by Crippen LogP contribution is -2.25. The highest BCUT2D eigenvalue weighted by molar-refractivity contribution is 5.65. The summed E-state index contributed by atoms with van der Waals surface area (Å²) in [6.45, 7) is 16.7. The Balaban J connectivity index is 3.75. The average Bonchev–Trinajstić information content (AvgIpc) is 2.83. The van der Waals surface area contributed by atoms with E-state index in [1.165, 1.54) is 16.0 Å². The Morgan fingerprint density at radius 2 is 1.70 bits per heavy atom. The summed E-state index contributed by atoms with van der Waals surface area (Å²) in [6.07, 6.45) is 12.2. The quantitative estimate of drug-likeness (QED) is 0.270. The number of unbranched alkanes of at least 4 members (excludes halogenated alkanes) is 1. The van der Waals surface area contributed by atoms with Crippen molar-refractivity contribution in [3.05, 3.63) is 80.5 Å². The first-order chi connectivity index (χ1) is 15.8. The summed E-state index contributed by atoms with van der Waals surface area (Å²) in [5.74, 6) is 6.86. The number of rotatable bonds is 8. The van der Waals surface area contributed by atoms with E-state index < -0.39 is 0 Å². The fraction of sp³-hybridized carbons (Fsp3) is 0.387. The molecular formula is C31H42N2. The third-order valence-corrected chi connectivity index (χ3v) is 5.76. The molecule has 1 rings (SSSR count). The first kappa shape index (κ1) is 28.0. The van der Waals surface area contributed by atoms with Gasteiger partial charge >= 0.3 is 0 Å². The molecule has 2 N–H and O–H groups in total. The molecule has 1 aromatic rings. The number of hydrogen-bond donors (Lipinski definition) is 1. The van der Waals surface area contributed by atoms with Crippen LogP contribution in [0.25, 0.3) is 11.6 Å². The van der Waals surface area contributed by atoms with Gasteiger partial charge in [0.25, 0.3) is 0 Å². The fourth-order valence-electron chi connectivity index (χ4n) is 3.40. The topological polar surface area (TPSA) is 38.4 Å². The number of benzene rings is 1. The van der Waals surface area contributed by atoms with Crippen LogP contribution in [0.15, 0.2) is 75.1 Å². The van der Waals surface area contributed by atoms with Crippen molar-refractivity contribution in [3.63, 3.8) is 0 Å². The largest absolute Gasteiger partial charge is 0.398 e. The standard InChI is InChI=1S/C31H42N2/c1-9-14-17-27(30(25(8)33-13-5)31(32)24(7)11-3)21-20-26(12-4)22-28-18-15-16-19-29(28)23(6)10-2/h12-13,15-19,22H,9-11,14,32H2,1-8H3/b26-12-,27-17-,28-22-,29-23+,30-25-,31-24-,33-13?. The highest BCUT2D eigenvalue weighted by Crippen LogP contribution is 2.25. The molecule has 0 bridgehead atoms. The van der Waals surface area contributed by atoms with E-state index in [1.54, 1.807) is 0 Å². The van der Waals surface area contributed by atoms with Crippen molar-refractivity contribution in [1.82, 2.24) is 0 Å². The zero-order valence-corrected chi connectivity index (χ0v) is 22.0. The Morgan fingerprint density at radius 1 is 1.00 bits per heavy atom. The Bertz CT molecular complexity index is 1140. The maximum absolute atomic E-state index is 6.62. The van der Waals surface area contributed by atoms with Gasteiger partial charge in [0.15, 0.2) is 0 Å². The van der Waals surface area contributed by atoms with Crippen molar-refractivity contribution < 1.29 is 0 Å². The Kier molecular flexibility index (Phi) is 12.6. The van der Waals surface area contributed by atoms with E-state index in [1.807, 2.05) is 27.0 Å². The minimum absolute atomic E-state index is 0.779. The molecule has 0 radical (unpaired) electrons. The van der Waals surface area contributed by atoms with E-state index in [9.17, 15) is 0 Å². The van der Waals surface area contributed by atoms with Gasteiger partial charge < -0.3 is 5.73 Å². The lowest BCUT2D eigenvalue weighted by Gasteiger charge is -2.14. The summed E-state index contributed by atoms with van der Waals surface area (Å²) in [6, 6.07) is 8.52. The van der Waals surface area contributed by atoms with Gasteiger partial charge in [-0.2, -0.15) is 0 Å². The molecule has 0 aliphatic heterocycles. The fourth-order valence-corrected chi connectivity index (χ4v) is 3.40. The van der Waals surface area contributed by atoms with Crippen LogP contribution < -0.4 is 16.2 Å². The van der Waals surface area contributed by atoms with Gasteiger partial charge in [0.05, 0.1) is 0 Å². The van der Waals surface area contributed by atoms with Gasteiger partial charge in [-0.1, -0.05) is 81.0 Å². The predicted octanol–water partition coefficient (Wildman–Crippen LogP) is 6.73. The number of aliphatic imine (C=N–C) groups is 1. The van der Waals surface area contributed by atoms with Gasteiger partial charge in [0, 0.05) is 34.3 Å². The number of nitrogens with two attached hydrogens (primary N) is 1. The van der Waals surface area contributed by atoms with Gasteiger partial charge in [-0.3, -0.25) is 4.99 Å². The molecule has 0 aromatic heterocycles. The first-order valence-corrected chi connectivity index (χ1v) is 12.1. The third kappa shape index (κ3) is 8.43. The lowest BCUT2D eigenvalue weighted by atomic mass is 9.95. The zero-order valence-electron chi connectivity index (χ0n) is 22.0. The number of allylic oxidation sites excluding steroid dienone is 6. The molecular weight excluding hydrogens is 400 g/mol. The Hall–Kier alpha value is -3.05. The molecule has 0 saturated heterocycles. The second-order valence-electron chi connectivity index (χ2n) is 8.16. The summed E-state index contributed by atoms with van der Waals surface area (Å²) in [4.78, 5) is 4.55. The molecule has 0 amide bonds. The zero-order chi connectivity index (χ0) is 24.8. The van der Waals surface area contributed by atoms with E-state index in [0.717, 1.165) is 59.4 Å². The van der Waals surface area contributed by atoms with Gasteiger partial charge in [-0.05, 0) is 76.0 Å². The molecule has 0 spiro atoms. The second-order valence-corrected chi connectivity index (χ2v) is 8.16. The smallest absolute Gasteiger partial charge is 0.0474 e. The second kappa shape index (κ2) is 14.9. The minimum Gasteiger partial charge on any atom is -0.398 e. The van der Waals surface area contributed by atoms with Crippen molar-refractivity contribution >= 4 is 17.9 Å². The van der Waals surface area contributed by atoms with Crippen LogP contribution in [0.1, 0.15) is 81.1 Å². The third-order valence-electron chi connectivity index (χ3n) is 5.76. The highest BCUT2D eigenvalue weighted by Gasteiger charge is 2.12. The molecule has 2 heteroatoms. The van der Waals surface area contributed by atoms with Crippen LogP contribution in [-0.4, -0.2) is 6.21 Å². The molecule has 0 aliphatic carbocycles. The van der Waals surface area contributed by atoms with Crippen molar-refractivity contribution in [2.45, 2.75) is 81.1 Å². The van der Waals surface area contributed by atoms with Crippen LogP contribution in [0.4, 0.5) is 0 Å². The van der Waals surface area contributed by atoms with Gasteiger partial charge in [-0.15, -0.1) is 0 Å². The van der Waals surface area contributed by atoms with Crippen molar-refractivity contribution in [2.75, 3.05) is 0 Å². The van der Waals surface area contributed by atoms with Crippen LogP contribution in [0.3, 0.4) is 0 Å². The Morgan fingerprint density at radius 3 is 2.27 bits per heavy atom. The van der Waals surface area contributed by atoms with Crippen LogP contribution in [0.2, 0.25) is 0 Å². The molecule has 1 aromatic carbocycles. The average molecular weight is 443 g/mol. The van der Waals surface area contributed by atoms with Crippen LogP contribution >= 0.6 is 0 Å². The number of hydrogen-bond acceptors (Lipinski definition) is 2. The normalized spacial score (nSPS) is 15.7. The maximum Gasteiger partial charge on any atom is 0.0474 e. The number of nitrogens with zero attached hydrogens (tertiary/aromatic N) is 1. The highest BCUT2D eigenvalue weighted by atomic mass is 14.7. The van der Waals surface area contributed by atoms with Gasteiger partial charge in [0.2, 0.25) is 0 Å². The SMILES string of the molecule is CC=N/C(C)=C(C(/C#CC(/C=c1/cccc/c1=C(/C)CC)=C/C)=C\CCC)\C(N)=C(/C)CC.